The van der Waals surface area contributed by atoms with Crippen molar-refractivity contribution in [3.63, 3.8) is 0 Å². The fourth-order valence-corrected chi connectivity index (χ4v) is 1.69. The minimum atomic E-state index is -0.450. The molecule has 0 aliphatic rings. The molecule has 0 radical (unpaired) electrons. The Labute approximate surface area is 116 Å². The molecular formula is C15H12N2O3. The molecule has 0 aromatic heterocycles. The van der Waals surface area contributed by atoms with Gasteiger partial charge in [-0.2, -0.15) is 5.26 Å². The van der Waals surface area contributed by atoms with Gasteiger partial charge >= 0.3 is 0 Å². The molecule has 2 aromatic rings. The van der Waals surface area contributed by atoms with Gasteiger partial charge in [0, 0.05) is 6.07 Å². The number of aryl methyl sites for hydroxylation is 1. The Balaban J connectivity index is 2.12. The van der Waals surface area contributed by atoms with Crippen molar-refractivity contribution in [3.05, 3.63) is 69.3 Å². The molecule has 0 aliphatic carbocycles. The van der Waals surface area contributed by atoms with Crippen molar-refractivity contribution in [1.29, 1.82) is 5.26 Å². The van der Waals surface area contributed by atoms with Gasteiger partial charge in [0.15, 0.2) is 0 Å². The summed E-state index contributed by atoms with van der Waals surface area (Å²) in [4.78, 5) is 10.3. The second-order valence-corrected chi connectivity index (χ2v) is 4.30. The van der Waals surface area contributed by atoms with E-state index >= 15 is 0 Å². The van der Waals surface area contributed by atoms with Crippen LogP contribution < -0.4 is 4.74 Å². The molecule has 0 saturated carbocycles. The first-order chi connectivity index (χ1) is 9.60. The highest BCUT2D eigenvalue weighted by Crippen LogP contribution is 2.24. The lowest BCUT2D eigenvalue weighted by atomic mass is 10.1. The monoisotopic (exact) mass is 268 g/mol. The van der Waals surface area contributed by atoms with E-state index in [4.69, 9.17) is 10.00 Å². The summed E-state index contributed by atoms with van der Waals surface area (Å²) in [6, 6.07) is 13.6. The van der Waals surface area contributed by atoms with Crippen molar-refractivity contribution in [2.45, 2.75) is 13.5 Å². The maximum atomic E-state index is 10.7. The SMILES string of the molecule is Cc1ccc([N+](=O)[O-])cc1OCc1ccc(C#N)cc1. The highest BCUT2D eigenvalue weighted by atomic mass is 16.6. The van der Waals surface area contributed by atoms with Crippen molar-refractivity contribution in [2.75, 3.05) is 0 Å². The number of ether oxygens (including phenoxy) is 1. The maximum Gasteiger partial charge on any atom is 0.273 e. The van der Waals surface area contributed by atoms with E-state index in [1.807, 2.05) is 13.0 Å². The highest BCUT2D eigenvalue weighted by Gasteiger charge is 2.09. The van der Waals surface area contributed by atoms with E-state index in [-0.39, 0.29) is 5.69 Å². The summed E-state index contributed by atoms with van der Waals surface area (Å²) < 4.78 is 5.60. The number of hydrogen-bond acceptors (Lipinski definition) is 4. The van der Waals surface area contributed by atoms with E-state index in [9.17, 15) is 10.1 Å². The van der Waals surface area contributed by atoms with Crippen LogP contribution in [0.3, 0.4) is 0 Å². The van der Waals surface area contributed by atoms with Crippen molar-refractivity contribution >= 4 is 5.69 Å². The molecule has 2 aromatic carbocycles. The number of nitro groups is 1. The summed E-state index contributed by atoms with van der Waals surface area (Å²) in [6.07, 6.45) is 0. The quantitative estimate of drug-likeness (QED) is 0.629. The number of nitrogens with zero attached hydrogens (tertiary/aromatic N) is 2. The molecule has 0 atom stereocenters. The van der Waals surface area contributed by atoms with E-state index in [0.29, 0.717) is 17.9 Å². The molecule has 20 heavy (non-hydrogen) atoms. The van der Waals surface area contributed by atoms with Crippen molar-refractivity contribution in [2.24, 2.45) is 0 Å². The normalized spacial score (nSPS) is 9.80. The summed E-state index contributed by atoms with van der Waals surface area (Å²) in [7, 11) is 0. The van der Waals surface area contributed by atoms with Gasteiger partial charge < -0.3 is 4.74 Å². The highest BCUT2D eigenvalue weighted by molar-refractivity contribution is 5.43. The lowest BCUT2D eigenvalue weighted by Crippen LogP contribution is -1.98. The summed E-state index contributed by atoms with van der Waals surface area (Å²) >= 11 is 0. The summed E-state index contributed by atoms with van der Waals surface area (Å²) in [5, 5.41) is 19.4. The zero-order chi connectivity index (χ0) is 14.5. The maximum absolute atomic E-state index is 10.7. The molecule has 5 nitrogen and oxygen atoms in total. The molecule has 0 amide bonds. The van der Waals surface area contributed by atoms with Crippen LogP contribution in [0.4, 0.5) is 5.69 Å². The first-order valence-corrected chi connectivity index (χ1v) is 5.97. The number of nitro benzene ring substituents is 1. The molecule has 0 N–H and O–H groups in total. The predicted molar refractivity (Wildman–Crippen MR) is 73.3 cm³/mol. The number of rotatable bonds is 4. The number of benzene rings is 2. The standard InChI is InChI=1S/C15H12N2O3/c1-11-2-7-14(17(18)19)8-15(11)20-10-13-5-3-12(9-16)4-6-13/h2-8H,10H2,1H3. The summed E-state index contributed by atoms with van der Waals surface area (Å²) in [5.41, 5.74) is 2.32. The van der Waals surface area contributed by atoms with E-state index in [2.05, 4.69) is 0 Å². The first-order valence-electron chi connectivity index (χ1n) is 5.97. The Hall–Kier alpha value is -2.87. The lowest BCUT2D eigenvalue weighted by Gasteiger charge is -2.09. The molecule has 0 heterocycles. The second-order valence-electron chi connectivity index (χ2n) is 4.30. The Kier molecular flexibility index (Phi) is 3.96. The Morgan fingerprint density at radius 1 is 1.25 bits per heavy atom. The minimum Gasteiger partial charge on any atom is -0.488 e. The van der Waals surface area contributed by atoms with Crippen LogP contribution in [-0.2, 0) is 6.61 Å². The predicted octanol–water partition coefficient (Wildman–Crippen LogP) is 3.35. The molecule has 0 spiro atoms. The van der Waals surface area contributed by atoms with Gasteiger partial charge in [-0.15, -0.1) is 0 Å². The Morgan fingerprint density at radius 3 is 2.55 bits per heavy atom. The average Bonchev–Trinajstić information content (AvgIpc) is 2.46. The largest absolute Gasteiger partial charge is 0.488 e. The third-order valence-corrected chi connectivity index (χ3v) is 2.86. The van der Waals surface area contributed by atoms with Gasteiger partial charge in [-0.25, -0.2) is 0 Å². The number of non-ortho nitro benzene ring substituents is 1. The first kappa shape index (κ1) is 13.6. The Morgan fingerprint density at radius 2 is 1.95 bits per heavy atom. The van der Waals surface area contributed by atoms with E-state index in [1.165, 1.54) is 12.1 Å². The van der Waals surface area contributed by atoms with E-state index in [0.717, 1.165) is 11.1 Å². The van der Waals surface area contributed by atoms with Crippen molar-refractivity contribution in [1.82, 2.24) is 0 Å². The average molecular weight is 268 g/mol. The van der Waals surface area contributed by atoms with Gasteiger partial charge in [0.1, 0.15) is 12.4 Å². The molecule has 0 bridgehead atoms. The van der Waals surface area contributed by atoms with Gasteiger partial charge in [0.05, 0.1) is 22.6 Å². The fraction of sp³-hybridized carbons (Fsp3) is 0.133. The summed E-state index contributed by atoms with van der Waals surface area (Å²) in [6.45, 7) is 2.13. The smallest absolute Gasteiger partial charge is 0.273 e. The zero-order valence-electron chi connectivity index (χ0n) is 10.9. The molecule has 0 unspecified atom stereocenters. The van der Waals surface area contributed by atoms with E-state index < -0.39 is 4.92 Å². The molecule has 2 rings (SSSR count). The van der Waals surface area contributed by atoms with Crippen LogP contribution in [0.1, 0.15) is 16.7 Å². The van der Waals surface area contributed by atoms with E-state index in [1.54, 1.807) is 30.3 Å². The van der Waals surface area contributed by atoms with Gasteiger partial charge in [-0.05, 0) is 36.2 Å². The Bertz CT molecular complexity index is 673. The van der Waals surface area contributed by atoms with Crippen LogP contribution in [0.5, 0.6) is 5.75 Å². The lowest BCUT2D eigenvalue weighted by molar-refractivity contribution is -0.385. The molecule has 0 fully saturated rings. The number of hydrogen-bond donors (Lipinski definition) is 0. The van der Waals surface area contributed by atoms with Gasteiger partial charge in [-0.1, -0.05) is 12.1 Å². The van der Waals surface area contributed by atoms with Crippen LogP contribution in [-0.4, -0.2) is 4.92 Å². The van der Waals surface area contributed by atoms with Crippen molar-refractivity contribution in [3.8, 4) is 11.8 Å². The fourth-order valence-electron chi connectivity index (χ4n) is 1.69. The van der Waals surface area contributed by atoms with Crippen molar-refractivity contribution < 1.29 is 9.66 Å². The van der Waals surface area contributed by atoms with Crippen LogP contribution in [0.15, 0.2) is 42.5 Å². The molecule has 100 valence electrons. The zero-order valence-corrected chi connectivity index (χ0v) is 10.9. The van der Waals surface area contributed by atoms with Gasteiger partial charge in [0.25, 0.3) is 5.69 Å². The molecule has 0 saturated heterocycles. The third kappa shape index (κ3) is 3.12. The molecular weight excluding hydrogens is 256 g/mol. The van der Waals surface area contributed by atoms with Gasteiger partial charge in [-0.3, -0.25) is 10.1 Å². The topological polar surface area (TPSA) is 76.2 Å². The third-order valence-electron chi connectivity index (χ3n) is 2.86. The van der Waals surface area contributed by atoms with Crippen LogP contribution in [0, 0.1) is 28.4 Å². The molecule has 0 aliphatic heterocycles. The van der Waals surface area contributed by atoms with Gasteiger partial charge in [0.2, 0.25) is 0 Å². The summed E-state index contributed by atoms with van der Waals surface area (Å²) in [5.74, 6) is 0.489. The molecule has 5 heteroatoms. The second kappa shape index (κ2) is 5.85. The van der Waals surface area contributed by atoms with Crippen LogP contribution >= 0.6 is 0 Å². The minimum absolute atomic E-state index is 0.00503. The number of nitriles is 1. The van der Waals surface area contributed by atoms with Crippen LogP contribution in [0.2, 0.25) is 0 Å². The van der Waals surface area contributed by atoms with Crippen LogP contribution in [0.25, 0.3) is 0 Å².